The number of nitrogens with zero attached hydrogens (tertiary/aromatic N) is 4. The Balaban J connectivity index is 1.32. The van der Waals surface area contributed by atoms with E-state index in [0.717, 1.165) is 18.4 Å². The Bertz CT molecular complexity index is 1200. The molecule has 0 saturated carbocycles. The molecule has 1 aromatic heterocycles. The average molecular weight is 482 g/mol. The van der Waals surface area contributed by atoms with Crippen LogP contribution in [0.2, 0.25) is 0 Å². The summed E-state index contributed by atoms with van der Waals surface area (Å²) in [5.41, 5.74) is 2.77. The van der Waals surface area contributed by atoms with Gasteiger partial charge < -0.3 is 5.32 Å². The minimum Gasteiger partial charge on any atom is -0.325 e. The zero-order valence-corrected chi connectivity index (χ0v) is 20.4. The zero-order valence-electron chi connectivity index (χ0n) is 19.6. The minimum atomic E-state index is -3.46. The molecule has 0 bridgehead atoms. The highest BCUT2D eigenvalue weighted by Gasteiger charge is 2.27. The molecule has 1 fully saturated rings. The Labute approximate surface area is 201 Å². The number of hydrogen-bond donors (Lipinski definition) is 1. The number of carbonyl (C=O) groups excluding carboxylic acids is 1. The third kappa shape index (κ3) is 5.72. The van der Waals surface area contributed by atoms with E-state index >= 15 is 0 Å². The molecule has 4 rings (SSSR count). The first-order valence-electron chi connectivity index (χ1n) is 11.5. The lowest BCUT2D eigenvalue weighted by atomic mass is 10.2. The lowest BCUT2D eigenvalue weighted by Gasteiger charge is -2.23. The summed E-state index contributed by atoms with van der Waals surface area (Å²) >= 11 is 0. The van der Waals surface area contributed by atoms with Crippen molar-refractivity contribution in [3.05, 3.63) is 78.1 Å². The van der Waals surface area contributed by atoms with Crippen LogP contribution in [0.25, 0.3) is 0 Å². The molecule has 2 aromatic carbocycles. The standard InChI is InChI=1S/C25H31N5O3S/c1-20(28(2)17-22-16-26-29(19-22)18-21-8-4-3-5-9-21)25(31)27-23-10-12-24(13-11-23)34(32,33)30-14-6-7-15-30/h3-5,8-13,16,19-20H,6-7,14-15,17-18H2,1-2H3,(H,27,31)/t20-/m0/s1. The number of amides is 1. The van der Waals surface area contributed by atoms with Gasteiger partial charge in [0.15, 0.2) is 0 Å². The Morgan fingerprint density at radius 2 is 1.74 bits per heavy atom. The summed E-state index contributed by atoms with van der Waals surface area (Å²) in [6.07, 6.45) is 5.61. The number of anilines is 1. The van der Waals surface area contributed by atoms with Gasteiger partial charge in [-0.15, -0.1) is 0 Å². The first-order chi connectivity index (χ1) is 16.3. The minimum absolute atomic E-state index is 0.158. The number of aromatic nitrogens is 2. The second-order valence-corrected chi connectivity index (χ2v) is 10.7. The van der Waals surface area contributed by atoms with E-state index in [1.807, 2.05) is 54.1 Å². The van der Waals surface area contributed by atoms with Crippen LogP contribution in [0.3, 0.4) is 0 Å². The predicted molar refractivity (Wildman–Crippen MR) is 132 cm³/mol. The molecular formula is C25H31N5O3S. The van der Waals surface area contributed by atoms with Crippen LogP contribution in [0.4, 0.5) is 5.69 Å². The summed E-state index contributed by atoms with van der Waals surface area (Å²) < 4.78 is 28.7. The van der Waals surface area contributed by atoms with Gasteiger partial charge in [0.05, 0.1) is 23.7 Å². The number of carbonyl (C=O) groups is 1. The van der Waals surface area contributed by atoms with Crippen LogP contribution in [0.5, 0.6) is 0 Å². The van der Waals surface area contributed by atoms with E-state index in [1.165, 1.54) is 9.87 Å². The van der Waals surface area contributed by atoms with Crippen LogP contribution in [0, 0.1) is 0 Å². The van der Waals surface area contributed by atoms with Crippen molar-refractivity contribution in [2.24, 2.45) is 0 Å². The molecule has 2 heterocycles. The quantitative estimate of drug-likeness (QED) is 0.507. The predicted octanol–water partition coefficient (Wildman–Crippen LogP) is 3.17. The number of sulfonamides is 1. The molecule has 34 heavy (non-hydrogen) atoms. The SMILES string of the molecule is C[C@@H](C(=O)Nc1ccc(S(=O)(=O)N2CCCC2)cc1)N(C)Cc1cnn(Cc2ccccc2)c1. The lowest BCUT2D eigenvalue weighted by Crippen LogP contribution is -2.39. The smallest absolute Gasteiger partial charge is 0.243 e. The highest BCUT2D eigenvalue weighted by molar-refractivity contribution is 7.89. The van der Waals surface area contributed by atoms with E-state index in [1.54, 1.807) is 24.3 Å². The van der Waals surface area contributed by atoms with Gasteiger partial charge in [0, 0.05) is 37.1 Å². The van der Waals surface area contributed by atoms with E-state index < -0.39 is 10.0 Å². The molecule has 3 aromatic rings. The topological polar surface area (TPSA) is 87.5 Å². The van der Waals surface area contributed by atoms with Gasteiger partial charge in [0.25, 0.3) is 0 Å². The van der Waals surface area contributed by atoms with Gasteiger partial charge >= 0.3 is 0 Å². The molecule has 8 nitrogen and oxygen atoms in total. The van der Waals surface area contributed by atoms with Gasteiger partial charge in [-0.1, -0.05) is 30.3 Å². The fourth-order valence-corrected chi connectivity index (χ4v) is 5.52. The van der Waals surface area contributed by atoms with Crippen molar-refractivity contribution < 1.29 is 13.2 Å². The summed E-state index contributed by atoms with van der Waals surface area (Å²) in [6.45, 7) is 4.25. The Morgan fingerprint density at radius 3 is 2.41 bits per heavy atom. The molecule has 1 atom stereocenters. The largest absolute Gasteiger partial charge is 0.325 e. The molecule has 1 saturated heterocycles. The zero-order chi connectivity index (χ0) is 24.1. The fourth-order valence-electron chi connectivity index (χ4n) is 4.00. The van der Waals surface area contributed by atoms with E-state index in [2.05, 4.69) is 22.5 Å². The summed E-state index contributed by atoms with van der Waals surface area (Å²) in [6, 6.07) is 16.1. The summed E-state index contributed by atoms with van der Waals surface area (Å²) in [5, 5.41) is 7.31. The van der Waals surface area contributed by atoms with E-state index in [-0.39, 0.29) is 16.8 Å². The third-order valence-corrected chi connectivity index (χ3v) is 8.08. The van der Waals surface area contributed by atoms with Crippen molar-refractivity contribution >= 4 is 21.6 Å². The summed E-state index contributed by atoms with van der Waals surface area (Å²) in [5.74, 6) is -0.158. The molecule has 1 aliphatic heterocycles. The van der Waals surface area contributed by atoms with Gasteiger partial charge in [-0.05, 0) is 56.6 Å². The lowest BCUT2D eigenvalue weighted by molar-refractivity contribution is -0.120. The van der Waals surface area contributed by atoms with Gasteiger partial charge in [0.1, 0.15) is 0 Å². The highest BCUT2D eigenvalue weighted by Crippen LogP contribution is 2.22. The van der Waals surface area contributed by atoms with Crippen molar-refractivity contribution in [3.63, 3.8) is 0 Å². The van der Waals surface area contributed by atoms with Gasteiger partial charge in [-0.2, -0.15) is 9.40 Å². The normalized spacial score (nSPS) is 15.5. The van der Waals surface area contributed by atoms with Gasteiger partial charge in [-0.25, -0.2) is 8.42 Å². The average Bonchev–Trinajstić information content (AvgIpc) is 3.52. The highest BCUT2D eigenvalue weighted by atomic mass is 32.2. The first-order valence-corrected chi connectivity index (χ1v) is 12.9. The van der Waals surface area contributed by atoms with E-state index in [4.69, 9.17) is 0 Å². The maximum absolute atomic E-state index is 12.8. The molecule has 1 amide bonds. The number of nitrogens with one attached hydrogen (secondary N) is 1. The van der Waals surface area contributed by atoms with Crippen LogP contribution in [-0.2, 0) is 27.9 Å². The molecule has 9 heteroatoms. The molecule has 1 aliphatic rings. The second kappa shape index (κ2) is 10.5. The van der Waals surface area contributed by atoms with Crippen LogP contribution in [-0.4, -0.2) is 59.5 Å². The van der Waals surface area contributed by atoms with Crippen LogP contribution >= 0.6 is 0 Å². The molecular weight excluding hydrogens is 450 g/mol. The first kappa shape index (κ1) is 24.1. The van der Waals surface area contributed by atoms with Gasteiger partial charge in [-0.3, -0.25) is 14.4 Å². The van der Waals surface area contributed by atoms with Crippen LogP contribution in [0.1, 0.15) is 30.9 Å². The van der Waals surface area contributed by atoms with Crippen molar-refractivity contribution in [1.29, 1.82) is 0 Å². The number of benzene rings is 2. The summed E-state index contributed by atoms with van der Waals surface area (Å²) in [7, 11) is -1.57. The Morgan fingerprint density at radius 1 is 1.06 bits per heavy atom. The van der Waals surface area contributed by atoms with Crippen LogP contribution in [0.15, 0.2) is 71.9 Å². The molecule has 0 spiro atoms. The monoisotopic (exact) mass is 481 g/mol. The van der Waals surface area contributed by atoms with Crippen molar-refractivity contribution in [2.75, 3.05) is 25.5 Å². The summed E-state index contributed by atoms with van der Waals surface area (Å²) in [4.78, 5) is 15.0. The molecule has 0 aliphatic carbocycles. The Hall–Kier alpha value is -3.01. The van der Waals surface area contributed by atoms with Crippen LogP contribution < -0.4 is 5.32 Å². The number of likely N-dealkylation sites (N-methyl/N-ethyl adjacent to an activating group) is 1. The van der Waals surface area contributed by atoms with Gasteiger partial charge in [0.2, 0.25) is 15.9 Å². The van der Waals surface area contributed by atoms with Crippen molar-refractivity contribution in [2.45, 2.75) is 43.8 Å². The maximum Gasteiger partial charge on any atom is 0.243 e. The maximum atomic E-state index is 12.8. The van der Waals surface area contributed by atoms with E-state index in [9.17, 15) is 13.2 Å². The Kier molecular flexibility index (Phi) is 7.45. The van der Waals surface area contributed by atoms with E-state index in [0.29, 0.717) is 31.9 Å². The molecule has 0 radical (unpaired) electrons. The number of rotatable bonds is 9. The van der Waals surface area contributed by atoms with Crippen molar-refractivity contribution in [1.82, 2.24) is 19.0 Å². The molecule has 0 unspecified atom stereocenters. The molecule has 1 N–H and O–H groups in total. The van der Waals surface area contributed by atoms with Crippen molar-refractivity contribution in [3.8, 4) is 0 Å². The third-order valence-electron chi connectivity index (χ3n) is 6.17. The number of hydrogen-bond acceptors (Lipinski definition) is 5. The second-order valence-electron chi connectivity index (χ2n) is 8.75. The fraction of sp³-hybridized carbons (Fsp3) is 0.360. The molecule has 180 valence electrons.